The van der Waals surface area contributed by atoms with Crippen molar-refractivity contribution in [3.63, 3.8) is 0 Å². The van der Waals surface area contributed by atoms with Crippen molar-refractivity contribution < 1.29 is 23.5 Å². The van der Waals surface area contributed by atoms with Gasteiger partial charge in [-0.1, -0.05) is 6.07 Å². The van der Waals surface area contributed by atoms with Gasteiger partial charge in [-0.25, -0.2) is 14.0 Å². The molecule has 2 atom stereocenters. The van der Waals surface area contributed by atoms with Crippen molar-refractivity contribution in [1.82, 2.24) is 5.32 Å². The number of hydrogen-bond donors (Lipinski definition) is 2. The Morgan fingerprint density at radius 1 is 1.36 bits per heavy atom. The second-order valence-electron chi connectivity index (χ2n) is 6.21. The van der Waals surface area contributed by atoms with Gasteiger partial charge < -0.3 is 20.5 Å². The summed E-state index contributed by atoms with van der Waals surface area (Å²) in [4.78, 5) is 22.4. The van der Waals surface area contributed by atoms with Crippen LogP contribution in [0.2, 0.25) is 0 Å². The monoisotopic (exact) mass is 310 g/mol. The number of halogens is 1. The molecule has 1 aromatic rings. The molecule has 1 fully saturated rings. The van der Waals surface area contributed by atoms with E-state index in [0.717, 1.165) is 5.56 Å². The first-order valence-electron chi connectivity index (χ1n) is 6.92. The number of nitrogens with one attached hydrogen (secondary N) is 1. The van der Waals surface area contributed by atoms with Crippen LogP contribution in [0.15, 0.2) is 18.2 Å². The lowest BCUT2D eigenvalue weighted by molar-refractivity contribution is 0.0522. The zero-order valence-corrected chi connectivity index (χ0v) is 12.7. The lowest BCUT2D eigenvalue weighted by Gasteiger charge is -2.19. The third-order valence-electron chi connectivity index (χ3n) is 3.09. The number of alkyl carbamates (subject to hydrolysis) is 1. The molecule has 0 spiro atoms. The topological polar surface area (TPSA) is 90.7 Å². The Morgan fingerprint density at radius 3 is 2.64 bits per heavy atom. The van der Waals surface area contributed by atoms with Crippen molar-refractivity contribution in [2.24, 2.45) is 5.73 Å². The summed E-state index contributed by atoms with van der Waals surface area (Å²) in [6, 6.07) is 4.13. The van der Waals surface area contributed by atoms with Crippen molar-refractivity contribution in [1.29, 1.82) is 0 Å². The maximum atomic E-state index is 13.5. The van der Waals surface area contributed by atoms with E-state index in [1.54, 1.807) is 26.8 Å². The van der Waals surface area contributed by atoms with Crippen LogP contribution in [0.3, 0.4) is 0 Å². The number of nitrogens with two attached hydrogens (primary N) is 1. The minimum atomic E-state index is -1.07. The minimum absolute atomic E-state index is 0.0309. The first-order valence-corrected chi connectivity index (χ1v) is 6.92. The van der Waals surface area contributed by atoms with Crippen LogP contribution in [-0.2, 0) is 4.74 Å². The fraction of sp³-hybridized carbons (Fsp3) is 0.467. The van der Waals surface area contributed by atoms with E-state index >= 15 is 0 Å². The predicted molar refractivity (Wildman–Crippen MR) is 77.1 cm³/mol. The van der Waals surface area contributed by atoms with E-state index < -0.39 is 23.6 Å². The summed E-state index contributed by atoms with van der Waals surface area (Å²) in [5, 5.41) is 2.75. The van der Waals surface area contributed by atoms with Crippen LogP contribution in [0.5, 0.6) is 5.75 Å². The maximum absolute atomic E-state index is 13.5. The Bertz CT molecular complexity index is 598. The van der Waals surface area contributed by atoms with E-state index in [9.17, 15) is 14.0 Å². The number of benzene rings is 1. The third kappa shape index (κ3) is 4.34. The molecule has 2 rings (SSSR count). The molecule has 0 heterocycles. The van der Waals surface area contributed by atoms with Crippen molar-refractivity contribution in [2.45, 2.75) is 44.8 Å². The predicted octanol–water partition coefficient (Wildman–Crippen LogP) is 2.66. The number of primary amides is 1. The van der Waals surface area contributed by atoms with Gasteiger partial charge in [0.1, 0.15) is 5.60 Å². The Balaban J connectivity index is 1.97. The quantitative estimate of drug-likeness (QED) is 0.898. The van der Waals surface area contributed by atoms with Crippen molar-refractivity contribution in [3.05, 3.63) is 29.6 Å². The zero-order chi connectivity index (χ0) is 16.5. The summed E-state index contributed by atoms with van der Waals surface area (Å²) in [5.74, 6) is -0.851. The van der Waals surface area contributed by atoms with E-state index in [-0.39, 0.29) is 17.7 Å². The standard InChI is InChI=1S/C15H19FN2O4/c1-15(2,3)22-14(20)18-11-7-9(11)8-4-5-10(16)12(6-8)21-13(17)19/h4-6,9,11H,7H2,1-3H3,(H2,17,19)(H,18,20)/t9-,11+/m0/s1. The van der Waals surface area contributed by atoms with Crippen LogP contribution in [0.1, 0.15) is 38.7 Å². The summed E-state index contributed by atoms with van der Waals surface area (Å²) in [6.45, 7) is 5.35. The molecule has 0 aromatic heterocycles. The first kappa shape index (κ1) is 16.1. The summed E-state index contributed by atoms with van der Waals surface area (Å²) >= 11 is 0. The van der Waals surface area contributed by atoms with Gasteiger partial charge in [0, 0.05) is 12.0 Å². The first-order chi connectivity index (χ1) is 10.2. The minimum Gasteiger partial charge on any atom is -0.444 e. The highest BCUT2D eigenvalue weighted by Crippen LogP contribution is 2.42. The van der Waals surface area contributed by atoms with Crippen LogP contribution in [-0.4, -0.2) is 23.8 Å². The Labute approximate surface area is 127 Å². The fourth-order valence-corrected chi connectivity index (χ4v) is 2.12. The number of carbonyl (C=O) groups is 2. The van der Waals surface area contributed by atoms with Gasteiger partial charge in [0.05, 0.1) is 0 Å². The van der Waals surface area contributed by atoms with Crippen LogP contribution in [0, 0.1) is 5.82 Å². The molecule has 0 radical (unpaired) electrons. The van der Waals surface area contributed by atoms with Gasteiger partial charge in [-0.05, 0) is 44.9 Å². The lowest BCUT2D eigenvalue weighted by Crippen LogP contribution is -2.34. The van der Waals surface area contributed by atoms with Gasteiger partial charge in [-0.3, -0.25) is 0 Å². The van der Waals surface area contributed by atoms with Gasteiger partial charge in [0.2, 0.25) is 0 Å². The third-order valence-corrected chi connectivity index (χ3v) is 3.09. The SMILES string of the molecule is CC(C)(C)OC(=O)N[C@@H]1C[C@H]1c1ccc(F)c(OC(N)=O)c1. The summed E-state index contributed by atoms with van der Waals surface area (Å²) < 4.78 is 23.3. The number of amides is 2. The van der Waals surface area contributed by atoms with Gasteiger partial charge in [0.15, 0.2) is 11.6 Å². The summed E-state index contributed by atoms with van der Waals surface area (Å²) in [5.41, 5.74) is 5.09. The number of carbonyl (C=O) groups excluding carboxylic acids is 2. The van der Waals surface area contributed by atoms with E-state index in [2.05, 4.69) is 10.1 Å². The molecule has 120 valence electrons. The van der Waals surface area contributed by atoms with Gasteiger partial charge >= 0.3 is 12.2 Å². The van der Waals surface area contributed by atoms with Gasteiger partial charge in [0.25, 0.3) is 0 Å². The molecule has 1 aliphatic carbocycles. The molecule has 7 heteroatoms. The second-order valence-corrected chi connectivity index (χ2v) is 6.21. The van der Waals surface area contributed by atoms with E-state index in [4.69, 9.17) is 10.5 Å². The average Bonchev–Trinajstić information content (AvgIpc) is 3.08. The molecule has 1 aliphatic rings. The molecule has 0 bridgehead atoms. The average molecular weight is 310 g/mol. The smallest absolute Gasteiger partial charge is 0.410 e. The highest BCUT2D eigenvalue weighted by molar-refractivity contribution is 5.69. The molecule has 1 saturated carbocycles. The van der Waals surface area contributed by atoms with E-state index in [1.807, 2.05) is 0 Å². The van der Waals surface area contributed by atoms with Gasteiger partial charge in [-0.2, -0.15) is 0 Å². The number of rotatable bonds is 3. The normalized spacial score (nSPS) is 20.2. The van der Waals surface area contributed by atoms with Crippen LogP contribution < -0.4 is 15.8 Å². The molecule has 0 saturated heterocycles. The maximum Gasteiger partial charge on any atom is 0.410 e. The molecular weight excluding hydrogens is 291 g/mol. The van der Waals surface area contributed by atoms with Crippen LogP contribution in [0.4, 0.5) is 14.0 Å². The van der Waals surface area contributed by atoms with Crippen molar-refractivity contribution in [3.8, 4) is 5.75 Å². The lowest BCUT2D eigenvalue weighted by atomic mass is 10.1. The van der Waals surface area contributed by atoms with E-state index in [0.29, 0.717) is 6.42 Å². The van der Waals surface area contributed by atoms with Crippen molar-refractivity contribution >= 4 is 12.2 Å². The Kier molecular flexibility index (Phi) is 4.25. The highest BCUT2D eigenvalue weighted by Gasteiger charge is 2.40. The molecule has 22 heavy (non-hydrogen) atoms. The largest absolute Gasteiger partial charge is 0.444 e. The van der Waals surface area contributed by atoms with Crippen LogP contribution in [0.25, 0.3) is 0 Å². The van der Waals surface area contributed by atoms with Crippen LogP contribution >= 0.6 is 0 Å². The molecule has 0 unspecified atom stereocenters. The van der Waals surface area contributed by atoms with Gasteiger partial charge in [-0.15, -0.1) is 0 Å². The molecule has 6 nitrogen and oxygen atoms in total. The zero-order valence-electron chi connectivity index (χ0n) is 12.7. The summed E-state index contributed by atoms with van der Waals surface area (Å²) in [7, 11) is 0. The van der Waals surface area contributed by atoms with Crippen molar-refractivity contribution in [2.75, 3.05) is 0 Å². The number of hydrogen-bond acceptors (Lipinski definition) is 4. The molecule has 2 amide bonds. The molecular formula is C15H19FN2O4. The molecule has 1 aromatic carbocycles. The van der Waals surface area contributed by atoms with E-state index in [1.165, 1.54) is 12.1 Å². The molecule has 0 aliphatic heterocycles. The Hall–Kier alpha value is -2.31. The highest BCUT2D eigenvalue weighted by atomic mass is 19.1. The Morgan fingerprint density at radius 2 is 2.05 bits per heavy atom. The molecule has 3 N–H and O–H groups in total. The second kappa shape index (κ2) is 5.82. The fourth-order valence-electron chi connectivity index (χ4n) is 2.12. The number of ether oxygens (including phenoxy) is 2. The summed E-state index contributed by atoms with van der Waals surface area (Å²) in [6.07, 6.45) is -0.855.